The molecule has 3 aromatic carbocycles. The average Bonchev–Trinajstić information content (AvgIpc) is 3.56. The summed E-state index contributed by atoms with van der Waals surface area (Å²) < 4.78 is 25.4. The van der Waals surface area contributed by atoms with E-state index < -0.39 is 34.2 Å². The third-order valence-corrected chi connectivity index (χ3v) is 12.3. The van der Waals surface area contributed by atoms with Crippen LogP contribution >= 0.6 is 34.5 Å². The van der Waals surface area contributed by atoms with E-state index in [1.165, 1.54) is 23.7 Å². The van der Waals surface area contributed by atoms with Gasteiger partial charge in [-0.3, -0.25) is 19.2 Å². The zero-order valence-corrected chi connectivity index (χ0v) is 36.4. The molecule has 2 unspecified atom stereocenters. The second-order valence-corrected chi connectivity index (χ2v) is 18.6. The number of ether oxygens (including phenoxy) is 4. The summed E-state index contributed by atoms with van der Waals surface area (Å²) in [7, 11) is 0. The molecule has 2 aliphatic heterocycles. The predicted molar refractivity (Wildman–Crippen MR) is 225 cm³/mol. The highest BCUT2D eigenvalue weighted by molar-refractivity contribution is 7.20. The first-order valence-corrected chi connectivity index (χ1v) is 21.0. The van der Waals surface area contributed by atoms with Crippen molar-refractivity contribution in [3.05, 3.63) is 99.3 Å². The number of benzene rings is 3. The standard InChI is InChI=1S/C45H45Cl2N3O8S/c1-9-24-12-15-29(56-41-50-32-17-14-26(46)19-33(32)59-41)21-30(24)35-38(53)44(6,7)58-45(8,39(35)54)18-10-11-25-13-16-28(55-40-48-22-27(47)23-49-40)20-31(25)34-36(51)42(2,3)57-43(4,5)37(34)52/h12-17,19-23,34-35H,9-11,18H2,1-8H3. The number of hydrogen-bond donors (Lipinski definition) is 0. The number of carbonyl (C=O) groups is 4. The molecule has 2 atom stereocenters. The summed E-state index contributed by atoms with van der Waals surface area (Å²) in [5, 5.41) is 1.33. The van der Waals surface area contributed by atoms with Crippen molar-refractivity contribution in [2.45, 2.75) is 115 Å². The summed E-state index contributed by atoms with van der Waals surface area (Å²) in [5.41, 5.74) is -1.83. The molecule has 7 rings (SSSR count). The van der Waals surface area contributed by atoms with Gasteiger partial charge in [-0.2, -0.15) is 0 Å². The Kier molecular flexibility index (Phi) is 11.4. The number of rotatable bonds is 11. The number of hydrogen-bond acceptors (Lipinski definition) is 12. The Morgan fingerprint density at radius 1 is 0.678 bits per heavy atom. The van der Waals surface area contributed by atoms with Crippen LogP contribution in [0.3, 0.4) is 0 Å². The first kappa shape index (κ1) is 42.5. The van der Waals surface area contributed by atoms with Crippen LogP contribution in [-0.4, -0.2) is 60.5 Å². The first-order valence-electron chi connectivity index (χ1n) is 19.4. The topological polar surface area (TPSA) is 144 Å². The van der Waals surface area contributed by atoms with Crippen LogP contribution in [0.4, 0.5) is 0 Å². The number of carbonyl (C=O) groups excluding carboxylic acids is 4. The third-order valence-electron chi connectivity index (χ3n) is 11.0. The molecule has 0 aliphatic carbocycles. The lowest BCUT2D eigenvalue weighted by Crippen LogP contribution is -2.59. The molecule has 11 nitrogen and oxygen atoms in total. The number of halogens is 2. The lowest BCUT2D eigenvalue weighted by molar-refractivity contribution is -0.189. The minimum absolute atomic E-state index is 0.0384. The van der Waals surface area contributed by atoms with Gasteiger partial charge in [0.1, 0.15) is 45.7 Å². The normalized spacial score (nSPS) is 21.6. The van der Waals surface area contributed by atoms with E-state index in [0.29, 0.717) is 62.7 Å². The van der Waals surface area contributed by atoms with Gasteiger partial charge in [0.15, 0.2) is 23.1 Å². The second-order valence-electron chi connectivity index (χ2n) is 16.7. The van der Waals surface area contributed by atoms with Crippen molar-refractivity contribution >= 4 is 67.9 Å². The quantitative estimate of drug-likeness (QED) is 0.117. The molecule has 2 saturated heterocycles. The van der Waals surface area contributed by atoms with Gasteiger partial charge in [-0.1, -0.05) is 53.6 Å². The lowest BCUT2D eigenvalue weighted by atomic mass is 9.71. The summed E-state index contributed by atoms with van der Waals surface area (Å²) in [6.45, 7) is 13.7. The first-order chi connectivity index (χ1) is 27.7. The largest absolute Gasteiger partial charge is 0.431 e. The molecule has 2 aromatic heterocycles. The molecule has 0 radical (unpaired) electrons. The van der Waals surface area contributed by atoms with Gasteiger partial charge in [0.05, 0.1) is 27.6 Å². The van der Waals surface area contributed by atoms with Crippen molar-refractivity contribution in [3.63, 3.8) is 0 Å². The Balaban J connectivity index is 1.18. The maximum Gasteiger partial charge on any atom is 0.321 e. The van der Waals surface area contributed by atoms with Crippen LogP contribution in [0.5, 0.6) is 22.7 Å². The van der Waals surface area contributed by atoms with Gasteiger partial charge in [0.25, 0.3) is 5.19 Å². The van der Waals surface area contributed by atoms with E-state index in [9.17, 15) is 19.2 Å². The van der Waals surface area contributed by atoms with Crippen molar-refractivity contribution in [2.24, 2.45) is 0 Å². The third kappa shape index (κ3) is 8.43. The molecule has 0 saturated carbocycles. The van der Waals surface area contributed by atoms with Crippen molar-refractivity contribution in [1.82, 2.24) is 15.0 Å². The summed E-state index contributed by atoms with van der Waals surface area (Å²) >= 11 is 13.5. The maximum absolute atomic E-state index is 14.7. The van der Waals surface area contributed by atoms with Crippen LogP contribution in [0.1, 0.15) is 102 Å². The van der Waals surface area contributed by atoms with Crippen molar-refractivity contribution in [2.75, 3.05) is 0 Å². The number of nitrogens with zero attached hydrogens (tertiary/aromatic N) is 3. The molecule has 0 spiro atoms. The maximum atomic E-state index is 14.7. The fourth-order valence-corrected chi connectivity index (χ4v) is 9.39. The molecule has 4 heterocycles. The predicted octanol–water partition coefficient (Wildman–Crippen LogP) is 10.2. The van der Waals surface area contributed by atoms with E-state index in [0.717, 1.165) is 15.8 Å². The molecule has 59 heavy (non-hydrogen) atoms. The lowest BCUT2D eigenvalue weighted by Gasteiger charge is -2.45. The Hall–Kier alpha value is -4.59. The fourth-order valence-electron chi connectivity index (χ4n) is 8.18. The Morgan fingerprint density at radius 2 is 1.24 bits per heavy atom. The molecule has 0 N–H and O–H groups in total. The van der Waals surface area contributed by atoms with Crippen LogP contribution in [0.15, 0.2) is 67.0 Å². The van der Waals surface area contributed by atoms with Crippen molar-refractivity contribution in [3.8, 4) is 22.7 Å². The number of thiazole rings is 1. The molecule has 2 aliphatic rings. The zero-order valence-electron chi connectivity index (χ0n) is 34.1. The molecule has 14 heteroatoms. The van der Waals surface area contributed by atoms with E-state index in [4.69, 9.17) is 42.1 Å². The number of aryl methyl sites for hydroxylation is 2. The minimum atomic E-state index is -1.36. The van der Waals surface area contributed by atoms with Gasteiger partial charge < -0.3 is 18.9 Å². The van der Waals surface area contributed by atoms with Crippen LogP contribution in [0.25, 0.3) is 10.2 Å². The van der Waals surface area contributed by atoms with Gasteiger partial charge in [0.2, 0.25) is 0 Å². The van der Waals surface area contributed by atoms with Gasteiger partial charge in [-0.05, 0) is 139 Å². The highest BCUT2D eigenvalue weighted by atomic mass is 35.5. The van der Waals surface area contributed by atoms with E-state index in [1.54, 1.807) is 78.8 Å². The number of fused-ring (bicyclic) bond motifs is 1. The molecule has 2 fully saturated rings. The fraction of sp³-hybridized carbons (Fsp3) is 0.400. The van der Waals surface area contributed by atoms with Crippen LogP contribution in [0, 0.1) is 0 Å². The minimum Gasteiger partial charge on any atom is -0.431 e. The Bertz CT molecular complexity index is 2470. The van der Waals surface area contributed by atoms with Gasteiger partial charge in [-0.25, -0.2) is 15.0 Å². The van der Waals surface area contributed by atoms with Gasteiger partial charge in [0, 0.05) is 5.02 Å². The SMILES string of the molecule is CCc1ccc(Oc2nc3ccc(Cl)cc3s2)cc1C1C(=O)C(C)(C)OC(C)(CCCc2ccc(Oc3ncc(Cl)cn3)cc2C2C(=O)C(C)(C)OC(C)(C)C2=O)C1=O. The Morgan fingerprint density at radius 3 is 1.86 bits per heavy atom. The highest BCUT2D eigenvalue weighted by Crippen LogP contribution is 2.45. The number of Topliss-reactive ketones (excluding diaryl/α,β-unsaturated/α-hetero) is 4. The summed E-state index contributed by atoms with van der Waals surface area (Å²) in [6, 6.07) is 16.1. The zero-order chi connectivity index (χ0) is 42.7. The van der Waals surface area contributed by atoms with Crippen molar-refractivity contribution < 1.29 is 38.1 Å². The number of aromatic nitrogens is 3. The van der Waals surface area contributed by atoms with Crippen LogP contribution < -0.4 is 9.47 Å². The van der Waals surface area contributed by atoms with E-state index in [-0.39, 0.29) is 35.6 Å². The Labute approximate surface area is 356 Å². The van der Waals surface area contributed by atoms with Gasteiger partial charge in [-0.15, -0.1) is 0 Å². The van der Waals surface area contributed by atoms with E-state index >= 15 is 0 Å². The summed E-state index contributed by atoms with van der Waals surface area (Å²) in [4.78, 5) is 69.7. The van der Waals surface area contributed by atoms with E-state index in [1.807, 2.05) is 31.2 Å². The molecule has 0 bridgehead atoms. The van der Waals surface area contributed by atoms with Crippen LogP contribution in [0.2, 0.25) is 10.0 Å². The summed E-state index contributed by atoms with van der Waals surface area (Å²) in [5.74, 6) is -2.95. The monoisotopic (exact) mass is 857 g/mol. The molecule has 308 valence electrons. The van der Waals surface area contributed by atoms with E-state index in [2.05, 4.69) is 15.0 Å². The van der Waals surface area contributed by atoms with Crippen molar-refractivity contribution in [1.29, 1.82) is 0 Å². The number of ketones is 4. The molecule has 0 amide bonds. The molecular formula is C45H45Cl2N3O8S. The second kappa shape index (κ2) is 15.8. The van der Waals surface area contributed by atoms with Gasteiger partial charge >= 0.3 is 6.01 Å². The smallest absolute Gasteiger partial charge is 0.321 e. The summed E-state index contributed by atoms with van der Waals surface area (Å²) in [6.07, 6.45) is 4.41. The average molecular weight is 859 g/mol. The van der Waals surface area contributed by atoms with Crippen LogP contribution in [-0.2, 0) is 41.5 Å². The molecule has 5 aromatic rings. The highest BCUT2D eigenvalue weighted by Gasteiger charge is 2.56. The molecular weight excluding hydrogens is 813 g/mol.